The van der Waals surface area contributed by atoms with Gasteiger partial charge in [-0.2, -0.15) is 0 Å². The van der Waals surface area contributed by atoms with Crippen molar-refractivity contribution in [2.24, 2.45) is 0 Å². The molecule has 2 aromatic rings. The molecule has 3 rings (SSSR count). The first kappa shape index (κ1) is 20.8. The van der Waals surface area contributed by atoms with Gasteiger partial charge in [0.2, 0.25) is 0 Å². The molecular weight excluding hydrogens is 403 g/mol. The van der Waals surface area contributed by atoms with Gasteiger partial charge in [0.1, 0.15) is 0 Å². The Balaban J connectivity index is 1.49. The molecule has 0 radical (unpaired) electrons. The number of esters is 1. The molecule has 1 atom stereocenters. The normalized spacial score (nSPS) is 16.0. The van der Waals surface area contributed by atoms with Crippen molar-refractivity contribution in [1.82, 2.24) is 15.1 Å². The van der Waals surface area contributed by atoms with Gasteiger partial charge in [-0.15, -0.1) is 10.2 Å². The Morgan fingerprint density at radius 2 is 1.86 bits per heavy atom. The third kappa shape index (κ3) is 5.32. The van der Waals surface area contributed by atoms with Gasteiger partial charge in [0, 0.05) is 38.8 Å². The van der Waals surface area contributed by atoms with Crippen LogP contribution in [0.25, 0.3) is 0 Å². The van der Waals surface area contributed by atoms with Crippen LogP contribution in [-0.4, -0.2) is 67.5 Å². The monoisotopic (exact) mass is 424 g/mol. The van der Waals surface area contributed by atoms with Gasteiger partial charge in [0.15, 0.2) is 16.4 Å². The Kier molecular flexibility index (Phi) is 7.44. The highest BCUT2D eigenvalue weighted by Crippen LogP contribution is 2.26. The number of carbonyl (C=O) groups excluding carboxylic acids is 1. The van der Waals surface area contributed by atoms with Crippen LogP contribution in [0.5, 0.6) is 0 Å². The summed E-state index contributed by atoms with van der Waals surface area (Å²) >= 11 is 12.1. The van der Waals surface area contributed by atoms with Crippen LogP contribution in [-0.2, 0) is 14.3 Å². The summed E-state index contributed by atoms with van der Waals surface area (Å²) in [6.45, 7) is 4.42. The molecule has 1 unspecified atom stereocenters. The number of benzene rings is 1. The van der Waals surface area contributed by atoms with Crippen molar-refractivity contribution < 1.29 is 14.3 Å². The molecule has 2 heterocycles. The minimum absolute atomic E-state index is 0.324. The van der Waals surface area contributed by atoms with Crippen molar-refractivity contribution in [2.75, 3.05) is 51.3 Å². The van der Waals surface area contributed by atoms with Gasteiger partial charge >= 0.3 is 5.97 Å². The summed E-state index contributed by atoms with van der Waals surface area (Å²) in [6, 6.07) is 11.1. The standard InChI is InChI=1S/C19H22Cl2N4O3/c1-27-19(26)17(14-5-3-2-4-6-14)28-12-11-24-7-9-25(10-8-24)15-13-16(20)22-23-18(15)21/h2-6,13,17H,7-12H2,1H3. The highest BCUT2D eigenvalue weighted by molar-refractivity contribution is 6.33. The summed E-state index contributed by atoms with van der Waals surface area (Å²) in [7, 11) is 1.37. The first-order valence-electron chi connectivity index (χ1n) is 8.99. The molecule has 7 nitrogen and oxygen atoms in total. The fourth-order valence-electron chi connectivity index (χ4n) is 3.11. The van der Waals surface area contributed by atoms with Gasteiger partial charge in [0.25, 0.3) is 0 Å². The molecule has 0 bridgehead atoms. The molecule has 28 heavy (non-hydrogen) atoms. The number of hydrogen-bond donors (Lipinski definition) is 0. The molecule has 1 aliphatic heterocycles. The van der Waals surface area contributed by atoms with E-state index < -0.39 is 12.1 Å². The smallest absolute Gasteiger partial charge is 0.339 e. The topological polar surface area (TPSA) is 67.8 Å². The summed E-state index contributed by atoms with van der Waals surface area (Å²) in [5.74, 6) is -0.396. The van der Waals surface area contributed by atoms with Crippen molar-refractivity contribution in [3.63, 3.8) is 0 Å². The molecule has 0 spiro atoms. The van der Waals surface area contributed by atoms with E-state index in [9.17, 15) is 4.79 Å². The minimum atomic E-state index is -0.712. The van der Waals surface area contributed by atoms with E-state index in [1.165, 1.54) is 7.11 Å². The number of hydrogen-bond acceptors (Lipinski definition) is 7. The molecule has 1 aromatic heterocycles. The zero-order chi connectivity index (χ0) is 19.9. The van der Waals surface area contributed by atoms with Crippen LogP contribution in [0.3, 0.4) is 0 Å². The Labute approximate surface area is 174 Å². The van der Waals surface area contributed by atoms with Gasteiger partial charge in [-0.3, -0.25) is 4.90 Å². The van der Waals surface area contributed by atoms with Gasteiger partial charge in [-0.05, 0) is 5.56 Å². The Hall–Kier alpha value is -1.93. The average Bonchev–Trinajstić information content (AvgIpc) is 2.73. The predicted octanol–water partition coefficient (Wildman–Crippen LogP) is 2.84. The predicted molar refractivity (Wildman–Crippen MR) is 108 cm³/mol. The fourth-order valence-corrected chi connectivity index (χ4v) is 3.47. The Morgan fingerprint density at radius 3 is 2.54 bits per heavy atom. The third-order valence-corrected chi connectivity index (χ3v) is 5.08. The van der Waals surface area contributed by atoms with Crippen molar-refractivity contribution in [2.45, 2.75) is 6.10 Å². The molecule has 150 valence electrons. The van der Waals surface area contributed by atoms with Crippen LogP contribution in [0.1, 0.15) is 11.7 Å². The maximum absolute atomic E-state index is 12.1. The van der Waals surface area contributed by atoms with Crippen molar-refractivity contribution in [3.8, 4) is 0 Å². The third-order valence-electron chi connectivity index (χ3n) is 4.62. The molecule has 1 saturated heterocycles. The summed E-state index contributed by atoms with van der Waals surface area (Å²) < 4.78 is 10.7. The van der Waals surface area contributed by atoms with E-state index >= 15 is 0 Å². The van der Waals surface area contributed by atoms with E-state index in [0.29, 0.717) is 16.9 Å². The number of carbonyl (C=O) groups is 1. The Morgan fingerprint density at radius 1 is 1.14 bits per heavy atom. The van der Waals surface area contributed by atoms with E-state index in [-0.39, 0.29) is 0 Å². The number of piperazine rings is 1. The number of ether oxygens (including phenoxy) is 2. The van der Waals surface area contributed by atoms with Crippen LogP contribution < -0.4 is 4.90 Å². The molecule has 0 N–H and O–H groups in total. The average molecular weight is 425 g/mol. The lowest BCUT2D eigenvalue weighted by Gasteiger charge is -2.36. The van der Waals surface area contributed by atoms with Crippen LogP contribution >= 0.6 is 23.2 Å². The Bertz CT molecular complexity index is 786. The largest absolute Gasteiger partial charge is 0.467 e. The molecule has 1 aromatic carbocycles. The quantitative estimate of drug-likeness (QED) is 0.632. The molecule has 0 amide bonds. The lowest BCUT2D eigenvalue weighted by Crippen LogP contribution is -2.47. The van der Waals surface area contributed by atoms with Crippen LogP contribution in [0, 0.1) is 0 Å². The zero-order valence-electron chi connectivity index (χ0n) is 15.6. The van der Waals surface area contributed by atoms with Crippen LogP contribution in [0.15, 0.2) is 36.4 Å². The van der Waals surface area contributed by atoms with E-state index in [4.69, 9.17) is 32.7 Å². The van der Waals surface area contributed by atoms with Crippen LogP contribution in [0.2, 0.25) is 10.3 Å². The minimum Gasteiger partial charge on any atom is -0.467 e. The lowest BCUT2D eigenvalue weighted by molar-refractivity contribution is -0.155. The maximum atomic E-state index is 12.1. The van der Waals surface area contributed by atoms with E-state index in [1.807, 2.05) is 30.3 Å². The van der Waals surface area contributed by atoms with E-state index in [1.54, 1.807) is 6.07 Å². The summed E-state index contributed by atoms with van der Waals surface area (Å²) in [4.78, 5) is 16.5. The van der Waals surface area contributed by atoms with Crippen molar-refractivity contribution in [3.05, 3.63) is 52.3 Å². The summed E-state index contributed by atoms with van der Waals surface area (Å²) in [5.41, 5.74) is 1.59. The first-order valence-corrected chi connectivity index (χ1v) is 9.74. The second-order valence-electron chi connectivity index (χ2n) is 6.36. The van der Waals surface area contributed by atoms with Gasteiger partial charge in [-0.25, -0.2) is 4.79 Å². The number of halogens is 2. The number of methoxy groups -OCH3 is 1. The highest BCUT2D eigenvalue weighted by atomic mass is 35.5. The molecule has 1 fully saturated rings. The molecule has 9 heteroatoms. The van der Waals surface area contributed by atoms with Gasteiger partial charge in [-0.1, -0.05) is 53.5 Å². The van der Waals surface area contributed by atoms with Gasteiger partial charge in [0.05, 0.1) is 19.4 Å². The fraction of sp³-hybridized carbons (Fsp3) is 0.421. The molecule has 1 aliphatic rings. The van der Waals surface area contributed by atoms with E-state index in [2.05, 4.69) is 20.0 Å². The second kappa shape index (κ2) is 10.0. The summed E-state index contributed by atoms with van der Waals surface area (Å²) in [5, 5.41) is 8.28. The summed E-state index contributed by atoms with van der Waals surface area (Å²) in [6.07, 6.45) is -0.712. The number of rotatable bonds is 7. The number of anilines is 1. The van der Waals surface area contributed by atoms with Crippen molar-refractivity contribution in [1.29, 1.82) is 0 Å². The molecular formula is C19H22Cl2N4O3. The van der Waals surface area contributed by atoms with Gasteiger partial charge < -0.3 is 14.4 Å². The highest BCUT2D eigenvalue weighted by Gasteiger charge is 2.24. The number of aromatic nitrogens is 2. The maximum Gasteiger partial charge on any atom is 0.339 e. The molecule has 0 saturated carbocycles. The lowest BCUT2D eigenvalue weighted by atomic mass is 10.1. The zero-order valence-corrected chi connectivity index (χ0v) is 17.1. The van der Waals surface area contributed by atoms with Crippen molar-refractivity contribution >= 4 is 34.9 Å². The van der Waals surface area contributed by atoms with Crippen LogP contribution in [0.4, 0.5) is 5.69 Å². The number of nitrogens with zero attached hydrogens (tertiary/aromatic N) is 4. The molecule has 0 aliphatic carbocycles. The first-order chi connectivity index (χ1) is 13.6. The SMILES string of the molecule is COC(=O)C(OCCN1CCN(c2cc(Cl)nnc2Cl)CC1)c1ccccc1. The van der Waals surface area contributed by atoms with E-state index in [0.717, 1.165) is 44.0 Å². The second-order valence-corrected chi connectivity index (χ2v) is 7.10.